The average Bonchev–Trinajstić information content (AvgIpc) is 3.14. The van der Waals surface area contributed by atoms with Crippen molar-refractivity contribution in [2.24, 2.45) is 7.05 Å². The van der Waals surface area contributed by atoms with Crippen LogP contribution in [0.2, 0.25) is 0 Å². The van der Waals surface area contributed by atoms with Gasteiger partial charge in [0.15, 0.2) is 0 Å². The van der Waals surface area contributed by atoms with E-state index in [9.17, 15) is 14.9 Å². The second kappa shape index (κ2) is 13.4. The Morgan fingerprint density at radius 1 is 1.11 bits per heavy atom. The first-order valence-electron chi connectivity index (χ1n) is 12.6. The van der Waals surface area contributed by atoms with Gasteiger partial charge < -0.3 is 5.32 Å². The van der Waals surface area contributed by atoms with Crippen molar-refractivity contribution in [1.82, 2.24) is 9.47 Å². The van der Waals surface area contributed by atoms with Gasteiger partial charge in [0.1, 0.15) is 21.8 Å². The molecule has 190 valence electrons. The van der Waals surface area contributed by atoms with Crippen LogP contribution in [0.3, 0.4) is 0 Å². The molecule has 1 saturated heterocycles. The molecule has 0 radical (unpaired) electrons. The number of aromatic nitrogens is 1. The molecule has 36 heavy (non-hydrogen) atoms. The molecule has 0 unspecified atom stereocenters. The molecule has 1 N–H and O–H groups in total. The van der Waals surface area contributed by atoms with Crippen LogP contribution in [0.1, 0.15) is 67.7 Å². The molecule has 2 heterocycles. The highest BCUT2D eigenvalue weighted by Gasteiger charge is 2.32. The zero-order valence-electron chi connectivity index (χ0n) is 21.3. The molecule has 0 bridgehead atoms. The van der Waals surface area contributed by atoms with Gasteiger partial charge in [0, 0.05) is 25.7 Å². The Labute approximate surface area is 223 Å². The van der Waals surface area contributed by atoms with E-state index in [2.05, 4.69) is 24.4 Å². The van der Waals surface area contributed by atoms with Crippen LogP contribution in [0.15, 0.2) is 40.0 Å². The van der Waals surface area contributed by atoms with Crippen LogP contribution < -0.4 is 10.9 Å². The number of unbranched alkanes of at least 4 members (excludes halogenated alkanes) is 5. The van der Waals surface area contributed by atoms with E-state index in [0.29, 0.717) is 39.3 Å². The minimum absolute atomic E-state index is 0.0833. The summed E-state index contributed by atoms with van der Waals surface area (Å²) < 4.78 is 2.01. The molecule has 0 spiro atoms. The maximum atomic E-state index is 13.2. The number of hydrogen-bond donors (Lipinski definition) is 1. The van der Waals surface area contributed by atoms with Crippen LogP contribution in [-0.4, -0.2) is 32.8 Å². The zero-order chi connectivity index (χ0) is 26.1. The molecule has 1 aromatic carbocycles. The smallest absolute Gasteiger partial charge is 0.270 e. The predicted molar refractivity (Wildman–Crippen MR) is 153 cm³/mol. The van der Waals surface area contributed by atoms with Gasteiger partial charge in [0.2, 0.25) is 0 Å². The minimum atomic E-state index is -0.356. The van der Waals surface area contributed by atoms with Gasteiger partial charge in [0.05, 0.1) is 4.91 Å². The van der Waals surface area contributed by atoms with E-state index in [1.165, 1.54) is 47.6 Å². The molecule has 0 atom stereocenters. The molecule has 1 amide bonds. The maximum Gasteiger partial charge on any atom is 0.270 e. The van der Waals surface area contributed by atoms with Crippen molar-refractivity contribution < 1.29 is 4.79 Å². The molecule has 1 aliphatic heterocycles. The molecule has 3 rings (SSSR count). The van der Waals surface area contributed by atoms with E-state index in [4.69, 9.17) is 12.2 Å². The standard InChI is InChI=1S/C28H34N4O2S2/c1-4-5-6-7-8-12-17-32-27(34)24(36-28(32)35)18-22-20(2)23(19-29)26(33)31(3)25(22)30-16-15-21-13-10-9-11-14-21/h9-11,13-14,18,30H,4-8,12,15-17H2,1-3H3/b24-18+. The number of anilines is 1. The van der Waals surface area contributed by atoms with E-state index < -0.39 is 0 Å². The Kier molecular flexibility index (Phi) is 10.3. The number of nitriles is 1. The molecule has 1 fully saturated rings. The zero-order valence-corrected chi connectivity index (χ0v) is 22.9. The number of thioether (sulfide) groups is 1. The number of carbonyl (C=O) groups excluding carboxylic acids is 1. The third-order valence-electron chi connectivity index (χ3n) is 6.43. The molecule has 8 heteroatoms. The number of nitrogens with zero attached hydrogens (tertiary/aromatic N) is 3. The largest absolute Gasteiger partial charge is 0.371 e. The van der Waals surface area contributed by atoms with E-state index in [1.807, 2.05) is 24.3 Å². The van der Waals surface area contributed by atoms with Gasteiger partial charge in [-0.05, 0) is 37.0 Å². The number of nitrogens with one attached hydrogen (secondary N) is 1. The van der Waals surface area contributed by atoms with Gasteiger partial charge >= 0.3 is 0 Å². The number of rotatable bonds is 12. The van der Waals surface area contributed by atoms with Crippen molar-refractivity contribution in [2.75, 3.05) is 18.4 Å². The third-order valence-corrected chi connectivity index (χ3v) is 7.81. The monoisotopic (exact) mass is 522 g/mol. The number of pyridine rings is 1. The number of amides is 1. The second-order valence-corrected chi connectivity index (χ2v) is 10.7. The van der Waals surface area contributed by atoms with Crippen molar-refractivity contribution in [3.63, 3.8) is 0 Å². The lowest BCUT2D eigenvalue weighted by Gasteiger charge is -2.18. The SMILES string of the molecule is CCCCCCCCN1C(=O)/C(=C\c2c(C)c(C#N)c(=O)n(C)c2NCCc2ccccc2)SC1=S. The lowest BCUT2D eigenvalue weighted by Crippen LogP contribution is -2.29. The van der Waals surface area contributed by atoms with Gasteiger partial charge in [0.25, 0.3) is 11.5 Å². The first kappa shape index (κ1) is 27.7. The quantitative estimate of drug-likeness (QED) is 0.216. The predicted octanol–water partition coefficient (Wildman–Crippen LogP) is 5.78. The fraction of sp³-hybridized carbons (Fsp3) is 0.429. The van der Waals surface area contributed by atoms with Crippen LogP contribution in [0, 0.1) is 18.3 Å². The van der Waals surface area contributed by atoms with Crippen molar-refractivity contribution in [1.29, 1.82) is 5.26 Å². The molecule has 2 aromatic rings. The van der Waals surface area contributed by atoms with Crippen LogP contribution in [0.4, 0.5) is 5.82 Å². The third kappa shape index (κ3) is 6.65. The van der Waals surface area contributed by atoms with Crippen molar-refractivity contribution in [2.45, 2.75) is 58.8 Å². The molecule has 0 saturated carbocycles. The van der Waals surface area contributed by atoms with Crippen LogP contribution in [0.5, 0.6) is 0 Å². The molecule has 1 aliphatic rings. The summed E-state index contributed by atoms with van der Waals surface area (Å²) in [5.41, 5.74) is 2.13. The number of hydrogen-bond acceptors (Lipinski definition) is 6. The van der Waals surface area contributed by atoms with Crippen molar-refractivity contribution in [3.05, 3.63) is 67.8 Å². The van der Waals surface area contributed by atoms with Crippen LogP contribution in [0.25, 0.3) is 6.08 Å². The Morgan fingerprint density at radius 3 is 2.50 bits per heavy atom. The normalized spacial score (nSPS) is 14.5. The summed E-state index contributed by atoms with van der Waals surface area (Å²) in [6, 6.07) is 12.1. The van der Waals surface area contributed by atoms with E-state index in [0.717, 1.165) is 19.3 Å². The topological polar surface area (TPSA) is 78.1 Å². The van der Waals surface area contributed by atoms with Crippen molar-refractivity contribution in [3.8, 4) is 6.07 Å². The second-order valence-electron chi connectivity index (χ2n) is 9.00. The summed E-state index contributed by atoms with van der Waals surface area (Å²) in [6.07, 6.45) is 9.40. The number of benzene rings is 1. The highest BCUT2D eigenvalue weighted by Crippen LogP contribution is 2.35. The highest BCUT2D eigenvalue weighted by molar-refractivity contribution is 8.26. The Balaban J connectivity index is 1.83. The molecule has 0 aliphatic carbocycles. The number of thiocarbonyl (C=S) groups is 1. The van der Waals surface area contributed by atoms with Gasteiger partial charge in [-0.2, -0.15) is 5.26 Å². The van der Waals surface area contributed by atoms with E-state index >= 15 is 0 Å². The minimum Gasteiger partial charge on any atom is -0.371 e. The van der Waals surface area contributed by atoms with Gasteiger partial charge in [-0.1, -0.05) is 93.3 Å². The summed E-state index contributed by atoms with van der Waals surface area (Å²) in [5.74, 6) is 0.481. The highest BCUT2D eigenvalue weighted by atomic mass is 32.2. The average molecular weight is 523 g/mol. The fourth-order valence-electron chi connectivity index (χ4n) is 4.29. The summed E-state index contributed by atoms with van der Waals surface area (Å²) in [5, 5.41) is 13.0. The molecule has 6 nitrogen and oxygen atoms in total. The van der Waals surface area contributed by atoms with Gasteiger partial charge in [-0.25, -0.2) is 0 Å². The lowest BCUT2D eigenvalue weighted by molar-refractivity contribution is -0.122. The van der Waals surface area contributed by atoms with Crippen molar-refractivity contribution >= 4 is 46.1 Å². The summed E-state index contributed by atoms with van der Waals surface area (Å²) in [4.78, 5) is 28.2. The maximum absolute atomic E-state index is 13.2. The molecular weight excluding hydrogens is 488 g/mol. The number of carbonyl (C=O) groups is 1. The Bertz CT molecular complexity index is 1230. The molecular formula is C28H34N4O2S2. The Morgan fingerprint density at radius 2 is 1.81 bits per heavy atom. The summed E-state index contributed by atoms with van der Waals surface area (Å²) >= 11 is 6.80. The van der Waals surface area contributed by atoms with Gasteiger partial charge in [-0.15, -0.1) is 0 Å². The fourth-order valence-corrected chi connectivity index (χ4v) is 5.58. The first-order valence-corrected chi connectivity index (χ1v) is 13.8. The molecule has 1 aromatic heterocycles. The van der Waals surface area contributed by atoms with E-state index in [1.54, 1.807) is 24.9 Å². The van der Waals surface area contributed by atoms with Crippen LogP contribution in [-0.2, 0) is 18.3 Å². The summed E-state index contributed by atoms with van der Waals surface area (Å²) in [6.45, 7) is 5.17. The summed E-state index contributed by atoms with van der Waals surface area (Å²) in [7, 11) is 1.65. The van der Waals surface area contributed by atoms with Gasteiger partial charge in [-0.3, -0.25) is 19.1 Å². The first-order chi connectivity index (χ1) is 17.4. The van der Waals surface area contributed by atoms with Crippen LogP contribution >= 0.6 is 24.0 Å². The lowest BCUT2D eigenvalue weighted by atomic mass is 10.0. The van der Waals surface area contributed by atoms with E-state index in [-0.39, 0.29) is 17.0 Å². The Hall–Kier alpha value is -2.89.